The Morgan fingerprint density at radius 2 is 1.65 bits per heavy atom. The van der Waals surface area contributed by atoms with E-state index in [4.69, 9.17) is 9.72 Å². The van der Waals surface area contributed by atoms with E-state index in [2.05, 4.69) is 55.7 Å². The number of halogens is 1. The fourth-order valence-corrected chi connectivity index (χ4v) is 5.78. The number of likely N-dealkylation sites (N-methyl/N-ethyl adjacent to an activating group) is 1. The third kappa shape index (κ3) is 9.50. The Morgan fingerprint density at radius 3 is 2.35 bits per heavy atom. The second kappa shape index (κ2) is 16.0. The number of nitrogens with one attached hydrogen (secondary N) is 3. The number of aromatic nitrogens is 3. The van der Waals surface area contributed by atoms with Gasteiger partial charge in [0.1, 0.15) is 24.9 Å². The number of carbonyl (C=O) groups excluding carboxylic acids is 2. The molecule has 1 atom stereocenters. The summed E-state index contributed by atoms with van der Waals surface area (Å²) in [4.78, 5) is 42.7. The van der Waals surface area contributed by atoms with Crippen molar-refractivity contribution in [2.75, 3.05) is 43.2 Å². The van der Waals surface area contributed by atoms with Gasteiger partial charge in [-0.1, -0.05) is 41.5 Å². The molecule has 1 unspecified atom stereocenters. The first-order chi connectivity index (χ1) is 23.0. The minimum absolute atomic E-state index is 0.110. The van der Waals surface area contributed by atoms with Crippen LogP contribution < -0.4 is 16.0 Å². The number of pyridine rings is 1. The SMILES string of the molecule is CC(C)c1ccc2c(Nc3cc(C(=O)Nc4ccc(Br)cc4)ccc3Sc3ccc(NC(=O)OCC(O)CN(C)C)cc3)ncnc2n1. The normalized spacial score (nSPS) is 11.8. The van der Waals surface area contributed by atoms with Gasteiger partial charge in [-0.25, -0.2) is 19.7 Å². The van der Waals surface area contributed by atoms with Crippen LogP contribution >= 0.6 is 27.7 Å². The molecule has 2 aromatic heterocycles. The molecule has 248 valence electrons. The number of aliphatic hydroxyl groups excluding tert-OH is 1. The molecule has 0 saturated carbocycles. The van der Waals surface area contributed by atoms with Crippen LogP contribution in [0.2, 0.25) is 0 Å². The summed E-state index contributed by atoms with van der Waals surface area (Å²) in [5.74, 6) is 0.547. The highest BCUT2D eigenvalue weighted by Gasteiger charge is 2.16. The predicted octanol–water partition coefficient (Wildman–Crippen LogP) is 7.53. The summed E-state index contributed by atoms with van der Waals surface area (Å²) in [5, 5.41) is 19.7. The molecule has 0 fully saturated rings. The number of hydrogen-bond donors (Lipinski definition) is 4. The molecule has 48 heavy (non-hydrogen) atoms. The Labute approximate surface area is 291 Å². The topological polar surface area (TPSA) is 142 Å². The van der Waals surface area contributed by atoms with E-state index in [9.17, 15) is 14.7 Å². The van der Waals surface area contributed by atoms with Crippen LogP contribution in [-0.4, -0.2) is 70.3 Å². The number of hydrogen-bond acceptors (Lipinski definition) is 10. The first-order valence-electron chi connectivity index (χ1n) is 15.2. The third-order valence-electron chi connectivity index (χ3n) is 7.02. The van der Waals surface area contributed by atoms with Crippen molar-refractivity contribution in [2.24, 2.45) is 0 Å². The lowest BCUT2D eigenvalue weighted by Crippen LogP contribution is -2.31. The molecule has 2 amide bonds. The number of nitrogens with zero attached hydrogens (tertiary/aromatic N) is 4. The number of ether oxygens (including phenoxy) is 1. The molecule has 0 spiro atoms. The van der Waals surface area contributed by atoms with E-state index in [-0.39, 0.29) is 18.4 Å². The maximum Gasteiger partial charge on any atom is 0.411 e. The number of anilines is 4. The van der Waals surface area contributed by atoms with Gasteiger partial charge in [0.2, 0.25) is 0 Å². The van der Waals surface area contributed by atoms with Crippen LogP contribution in [0, 0.1) is 0 Å². The van der Waals surface area contributed by atoms with Crippen LogP contribution in [0.5, 0.6) is 0 Å². The first kappa shape index (κ1) is 34.8. The maximum atomic E-state index is 13.3. The van der Waals surface area contributed by atoms with Crippen molar-refractivity contribution < 1.29 is 19.4 Å². The molecule has 0 aliphatic heterocycles. The third-order valence-corrected chi connectivity index (χ3v) is 8.63. The lowest BCUT2D eigenvalue weighted by Gasteiger charge is -2.16. The Morgan fingerprint density at radius 1 is 0.938 bits per heavy atom. The van der Waals surface area contributed by atoms with E-state index >= 15 is 0 Å². The van der Waals surface area contributed by atoms with Gasteiger partial charge in [-0.2, -0.15) is 0 Å². The standard InChI is InChI=1S/C35H36BrN7O4S/c1-21(2)29-15-14-28-32(41-29)37-20-38-33(28)42-30-17-22(34(45)39-24-8-6-23(36)7-9-24)5-16-31(30)48-27-12-10-25(11-13-27)40-35(46)47-19-26(44)18-43(3)4/h5-17,20-21,26,44H,18-19H2,1-4H3,(H,39,45)(H,40,46)(H,37,38,41,42). The number of carbonyl (C=O) groups is 2. The van der Waals surface area contributed by atoms with Crippen molar-refractivity contribution in [2.45, 2.75) is 35.7 Å². The second-order valence-corrected chi connectivity index (χ2v) is 13.6. The monoisotopic (exact) mass is 729 g/mol. The molecule has 0 aliphatic carbocycles. The van der Waals surface area contributed by atoms with Crippen LogP contribution in [0.4, 0.5) is 27.7 Å². The van der Waals surface area contributed by atoms with Gasteiger partial charge in [-0.3, -0.25) is 10.1 Å². The summed E-state index contributed by atoms with van der Waals surface area (Å²) < 4.78 is 6.06. The van der Waals surface area contributed by atoms with Crippen LogP contribution in [0.1, 0.15) is 35.8 Å². The number of amides is 2. The van der Waals surface area contributed by atoms with Crippen LogP contribution in [0.15, 0.2) is 99.5 Å². The lowest BCUT2D eigenvalue weighted by molar-refractivity contribution is 0.0588. The lowest BCUT2D eigenvalue weighted by atomic mass is 10.1. The van der Waals surface area contributed by atoms with E-state index in [0.717, 1.165) is 25.3 Å². The maximum absolute atomic E-state index is 13.3. The molecule has 0 radical (unpaired) electrons. The molecular formula is C35H36BrN7O4S. The zero-order valence-corrected chi connectivity index (χ0v) is 29.3. The van der Waals surface area contributed by atoms with Crippen molar-refractivity contribution in [3.63, 3.8) is 0 Å². The molecule has 11 nitrogen and oxygen atoms in total. The van der Waals surface area contributed by atoms with Crippen molar-refractivity contribution in [1.29, 1.82) is 0 Å². The van der Waals surface area contributed by atoms with E-state index in [1.165, 1.54) is 18.1 Å². The Kier molecular flexibility index (Phi) is 11.6. The predicted molar refractivity (Wildman–Crippen MR) is 193 cm³/mol. The Balaban J connectivity index is 1.37. The fraction of sp³-hybridized carbons (Fsp3) is 0.229. The van der Waals surface area contributed by atoms with Crippen molar-refractivity contribution >= 4 is 73.6 Å². The molecule has 0 saturated heterocycles. The van der Waals surface area contributed by atoms with E-state index in [1.807, 2.05) is 73.6 Å². The van der Waals surface area contributed by atoms with Gasteiger partial charge in [-0.05, 0) is 98.9 Å². The van der Waals surface area contributed by atoms with Gasteiger partial charge in [-0.15, -0.1) is 0 Å². The zero-order valence-electron chi connectivity index (χ0n) is 26.9. The summed E-state index contributed by atoms with van der Waals surface area (Å²) in [6.45, 7) is 4.43. The molecule has 2 heterocycles. The van der Waals surface area contributed by atoms with E-state index in [1.54, 1.807) is 24.3 Å². The molecule has 5 aromatic rings. The molecule has 13 heteroatoms. The van der Waals surface area contributed by atoms with Gasteiger partial charge in [0, 0.05) is 43.4 Å². The molecule has 5 rings (SSSR count). The summed E-state index contributed by atoms with van der Waals surface area (Å²) in [6.07, 6.45) is 0.0433. The number of rotatable bonds is 12. The molecule has 0 bridgehead atoms. The summed E-state index contributed by atoms with van der Waals surface area (Å²) in [5.41, 5.74) is 3.85. The zero-order chi connectivity index (χ0) is 34.2. The van der Waals surface area contributed by atoms with Gasteiger partial charge in [0.25, 0.3) is 5.91 Å². The highest BCUT2D eigenvalue weighted by molar-refractivity contribution is 9.10. The van der Waals surface area contributed by atoms with Crippen molar-refractivity contribution in [3.8, 4) is 0 Å². The quantitative estimate of drug-likeness (QED) is 0.102. The van der Waals surface area contributed by atoms with Crippen LogP contribution in [0.25, 0.3) is 11.0 Å². The van der Waals surface area contributed by atoms with E-state index < -0.39 is 12.2 Å². The second-order valence-electron chi connectivity index (χ2n) is 11.5. The van der Waals surface area contributed by atoms with Crippen LogP contribution in [-0.2, 0) is 4.74 Å². The number of aliphatic hydroxyl groups is 1. The highest BCUT2D eigenvalue weighted by Crippen LogP contribution is 2.37. The highest BCUT2D eigenvalue weighted by atomic mass is 79.9. The van der Waals surface area contributed by atoms with Gasteiger partial charge in [0.15, 0.2) is 5.65 Å². The Bertz CT molecular complexity index is 1890. The molecule has 3 aromatic carbocycles. The fourth-order valence-electron chi connectivity index (χ4n) is 4.63. The smallest absolute Gasteiger partial charge is 0.411 e. The van der Waals surface area contributed by atoms with Gasteiger partial charge >= 0.3 is 6.09 Å². The minimum atomic E-state index is -0.778. The summed E-state index contributed by atoms with van der Waals surface area (Å²) >= 11 is 4.90. The van der Waals surface area contributed by atoms with Crippen LogP contribution in [0.3, 0.4) is 0 Å². The first-order valence-corrected chi connectivity index (χ1v) is 16.8. The summed E-state index contributed by atoms with van der Waals surface area (Å²) in [7, 11) is 3.66. The minimum Gasteiger partial charge on any atom is -0.447 e. The van der Waals surface area contributed by atoms with Gasteiger partial charge in [0.05, 0.1) is 11.1 Å². The molecule has 0 aliphatic rings. The van der Waals surface area contributed by atoms with E-state index in [0.29, 0.717) is 40.6 Å². The molecule has 4 N–H and O–H groups in total. The molecular weight excluding hydrogens is 694 g/mol. The van der Waals surface area contributed by atoms with Gasteiger partial charge < -0.3 is 25.4 Å². The number of fused-ring (bicyclic) bond motifs is 1. The van der Waals surface area contributed by atoms with Crippen molar-refractivity contribution in [1.82, 2.24) is 19.9 Å². The Hall–Kier alpha value is -4.56. The average molecular weight is 731 g/mol. The number of benzene rings is 3. The summed E-state index contributed by atoms with van der Waals surface area (Å²) in [6, 6.07) is 24.0. The largest absolute Gasteiger partial charge is 0.447 e. The average Bonchev–Trinajstić information content (AvgIpc) is 3.06. The van der Waals surface area contributed by atoms with Crippen molar-refractivity contribution in [3.05, 3.63) is 101 Å².